The van der Waals surface area contributed by atoms with E-state index in [1.807, 2.05) is 13.0 Å². The molecule has 2 N–H and O–H groups in total. The number of benzene rings is 1. The molecule has 2 nitrogen and oxygen atoms in total. The highest BCUT2D eigenvalue weighted by Crippen LogP contribution is 2.26. The SMILES string of the molecule is Cc1ccc(F)cc1N1CCC(CN)C1. The fourth-order valence-corrected chi connectivity index (χ4v) is 2.17. The average molecular weight is 208 g/mol. The first-order chi connectivity index (χ1) is 7.20. The summed E-state index contributed by atoms with van der Waals surface area (Å²) in [5.41, 5.74) is 7.79. The van der Waals surface area contributed by atoms with E-state index in [9.17, 15) is 4.39 Å². The van der Waals surface area contributed by atoms with Crippen molar-refractivity contribution in [2.45, 2.75) is 13.3 Å². The van der Waals surface area contributed by atoms with Crippen LogP contribution in [0, 0.1) is 18.7 Å². The molecule has 1 aliphatic heterocycles. The Labute approximate surface area is 89.9 Å². The van der Waals surface area contributed by atoms with Crippen molar-refractivity contribution in [3.05, 3.63) is 29.6 Å². The van der Waals surface area contributed by atoms with Gasteiger partial charge in [-0.25, -0.2) is 4.39 Å². The van der Waals surface area contributed by atoms with Crippen molar-refractivity contribution in [3.8, 4) is 0 Å². The van der Waals surface area contributed by atoms with Gasteiger partial charge in [-0.3, -0.25) is 0 Å². The summed E-state index contributed by atoms with van der Waals surface area (Å²) < 4.78 is 13.1. The monoisotopic (exact) mass is 208 g/mol. The van der Waals surface area contributed by atoms with E-state index in [-0.39, 0.29) is 5.82 Å². The quantitative estimate of drug-likeness (QED) is 0.804. The highest BCUT2D eigenvalue weighted by Gasteiger charge is 2.22. The van der Waals surface area contributed by atoms with Crippen molar-refractivity contribution in [1.29, 1.82) is 0 Å². The molecule has 82 valence electrons. The molecule has 1 heterocycles. The maximum Gasteiger partial charge on any atom is 0.125 e. The van der Waals surface area contributed by atoms with Crippen molar-refractivity contribution < 1.29 is 4.39 Å². The summed E-state index contributed by atoms with van der Waals surface area (Å²) in [6.07, 6.45) is 1.12. The van der Waals surface area contributed by atoms with E-state index >= 15 is 0 Å². The number of hydrogen-bond donors (Lipinski definition) is 1. The minimum absolute atomic E-state index is 0.160. The van der Waals surface area contributed by atoms with Gasteiger partial charge >= 0.3 is 0 Å². The Bertz CT molecular complexity index is 351. The van der Waals surface area contributed by atoms with Gasteiger partial charge in [0.2, 0.25) is 0 Å². The first-order valence-corrected chi connectivity index (χ1v) is 5.42. The Morgan fingerprint density at radius 3 is 3.00 bits per heavy atom. The second kappa shape index (κ2) is 4.19. The lowest BCUT2D eigenvalue weighted by Crippen LogP contribution is -2.23. The number of halogens is 1. The molecule has 1 aromatic carbocycles. The third-order valence-electron chi connectivity index (χ3n) is 3.13. The number of nitrogens with two attached hydrogens (primary N) is 1. The van der Waals surface area contributed by atoms with Gasteiger partial charge in [0, 0.05) is 18.8 Å². The van der Waals surface area contributed by atoms with Crippen LogP contribution in [0.2, 0.25) is 0 Å². The average Bonchev–Trinajstić information content (AvgIpc) is 2.70. The maximum atomic E-state index is 13.1. The Kier molecular flexibility index (Phi) is 2.91. The summed E-state index contributed by atoms with van der Waals surface area (Å²) >= 11 is 0. The lowest BCUT2D eigenvalue weighted by molar-refractivity contribution is 0.602. The fraction of sp³-hybridized carbons (Fsp3) is 0.500. The van der Waals surface area contributed by atoms with Gasteiger partial charge in [0.05, 0.1) is 0 Å². The largest absolute Gasteiger partial charge is 0.371 e. The maximum absolute atomic E-state index is 13.1. The lowest BCUT2D eigenvalue weighted by atomic mass is 10.1. The number of nitrogens with zero attached hydrogens (tertiary/aromatic N) is 1. The standard InChI is InChI=1S/C12H17FN2/c1-9-2-3-11(13)6-12(9)15-5-4-10(7-14)8-15/h2-3,6,10H,4-5,7-8,14H2,1H3. The van der Waals surface area contributed by atoms with E-state index < -0.39 is 0 Å². The van der Waals surface area contributed by atoms with Crippen LogP contribution in [-0.2, 0) is 0 Å². The molecule has 1 atom stereocenters. The van der Waals surface area contributed by atoms with Gasteiger partial charge in [0.25, 0.3) is 0 Å². The van der Waals surface area contributed by atoms with Gasteiger partial charge in [-0.15, -0.1) is 0 Å². The molecule has 0 spiro atoms. The first-order valence-electron chi connectivity index (χ1n) is 5.42. The summed E-state index contributed by atoms with van der Waals surface area (Å²) in [6.45, 7) is 4.70. The van der Waals surface area contributed by atoms with Gasteiger partial charge in [-0.2, -0.15) is 0 Å². The third kappa shape index (κ3) is 2.12. The zero-order chi connectivity index (χ0) is 10.8. The molecule has 0 radical (unpaired) electrons. The molecular formula is C12H17FN2. The van der Waals surface area contributed by atoms with Crippen LogP contribution < -0.4 is 10.6 Å². The van der Waals surface area contributed by atoms with E-state index in [4.69, 9.17) is 5.73 Å². The molecular weight excluding hydrogens is 191 g/mol. The molecule has 0 aromatic heterocycles. The molecule has 1 saturated heterocycles. The Morgan fingerprint density at radius 2 is 2.33 bits per heavy atom. The summed E-state index contributed by atoms with van der Waals surface area (Å²) in [7, 11) is 0. The highest BCUT2D eigenvalue weighted by atomic mass is 19.1. The van der Waals surface area contributed by atoms with Gasteiger partial charge < -0.3 is 10.6 Å². The lowest BCUT2D eigenvalue weighted by Gasteiger charge is -2.20. The molecule has 0 aliphatic carbocycles. The predicted octanol–water partition coefficient (Wildman–Crippen LogP) is 1.92. The molecule has 2 rings (SSSR count). The van der Waals surface area contributed by atoms with Crippen molar-refractivity contribution in [2.75, 3.05) is 24.5 Å². The van der Waals surface area contributed by atoms with Crippen molar-refractivity contribution in [1.82, 2.24) is 0 Å². The summed E-state index contributed by atoms with van der Waals surface area (Å²) in [5.74, 6) is 0.402. The molecule has 1 unspecified atom stereocenters. The first kappa shape index (κ1) is 10.4. The van der Waals surface area contributed by atoms with Crippen LogP contribution in [0.15, 0.2) is 18.2 Å². The van der Waals surface area contributed by atoms with Crippen molar-refractivity contribution >= 4 is 5.69 Å². The van der Waals surface area contributed by atoms with Crippen LogP contribution in [0.5, 0.6) is 0 Å². The second-order valence-electron chi connectivity index (χ2n) is 4.27. The Morgan fingerprint density at radius 1 is 1.53 bits per heavy atom. The van der Waals surface area contributed by atoms with Gasteiger partial charge in [-0.05, 0) is 43.5 Å². The summed E-state index contributed by atoms with van der Waals surface area (Å²) in [6, 6.07) is 4.96. The van der Waals surface area contributed by atoms with Crippen LogP contribution in [-0.4, -0.2) is 19.6 Å². The zero-order valence-corrected chi connectivity index (χ0v) is 9.04. The number of hydrogen-bond acceptors (Lipinski definition) is 2. The topological polar surface area (TPSA) is 29.3 Å². The van der Waals surface area contributed by atoms with Crippen LogP contribution in [0.25, 0.3) is 0 Å². The Hall–Kier alpha value is -1.09. The molecule has 0 saturated carbocycles. The summed E-state index contributed by atoms with van der Waals surface area (Å²) in [5, 5.41) is 0. The number of aryl methyl sites for hydroxylation is 1. The molecule has 1 aromatic rings. The van der Waals surface area contributed by atoms with Crippen molar-refractivity contribution in [3.63, 3.8) is 0 Å². The van der Waals surface area contributed by atoms with E-state index in [0.717, 1.165) is 37.3 Å². The molecule has 15 heavy (non-hydrogen) atoms. The van der Waals surface area contributed by atoms with Crippen LogP contribution in [0.4, 0.5) is 10.1 Å². The third-order valence-corrected chi connectivity index (χ3v) is 3.13. The van der Waals surface area contributed by atoms with E-state index in [0.29, 0.717) is 5.92 Å². The van der Waals surface area contributed by atoms with E-state index in [1.54, 1.807) is 6.07 Å². The minimum atomic E-state index is -0.160. The van der Waals surface area contributed by atoms with Gasteiger partial charge in [-0.1, -0.05) is 6.07 Å². The Balaban J connectivity index is 2.19. The number of anilines is 1. The molecule has 0 amide bonds. The molecule has 1 aliphatic rings. The van der Waals surface area contributed by atoms with Crippen LogP contribution >= 0.6 is 0 Å². The smallest absolute Gasteiger partial charge is 0.125 e. The molecule has 0 bridgehead atoms. The highest BCUT2D eigenvalue weighted by molar-refractivity contribution is 5.54. The van der Waals surface area contributed by atoms with Gasteiger partial charge in [0.15, 0.2) is 0 Å². The minimum Gasteiger partial charge on any atom is -0.371 e. The van der Waals surface area contributed by atoms with Gasteiger partial charge in [0.1, 0.15) is 5.82 Å². The number of rotatable bonds is 2. The van der Waals surface area contributed by atoms with Crippen molar-refractivity contribution in [2.24, 2.45) is 11.7 Å². The van der Waals surface area contributed by atoms with Crippen LogP contribution in [0.3, 0.4) is 0 Å². The second-order valence-corrected chi connectivity index (χ2v) is 4.27. The van der Waals surface area contributed by atoms with Crippen LogP contribution in [0.1, 0.15) is 12.0 Å². The normalized spacial score (nSPS) is 21.0. The predicted molar refractivity (Wildman–Crippen MR) is 60.5 cm³/mol. The fourth-order valence-electron chi connectivity index (χ4n) is 2.17. The zero-order valence-electron chi connectivity index (χ0n) is 9.04. The summed E-state index contributed by atoms with van der Waals surface area (Å²) in [4.78, 5) is 2.23. The molecule has 1 fully saturated rings. The van der Waals surface area contributed by atoms with E-state index in [1.165, 1.54) is 6.07 Å². The van der Waals surface area contributed by atoms with E-state index in [2.05, 4.69) is 4.90 Å². The molecule has 3 heteroatoms.